The second kappa shape index (κ2) is 5.77. The van der Waals surface area contributed by atoms with Gasteiger partial charge in [0.1, 0.15) is 5.82 Å². The second-order valence-corrected chi connectivity index (χ2v) is 6.19. The first-order chi connectivity index (χ1) is 8.24. The lowest BCUT2D eigenvalue weighted by Gasteiger charge is -2.18. The Morgan fingerprint density at radius 3 is 2.17 bits per heavy atom. The van der Waals surface area contributed by atoms with Crippen molar-refractivity contribution in [2.24, 2.45) is 5.92 Å². The van der Waals surface area contributed by atoms with Crippen molar-refractivity contribution in [2.75, 3.05) is 0 Å². The molecule has 1 N–H and O–H groups in total. The number of rotatable bonds is 5. The lowest BCUT2D eigenvalue weighted by Crippen LogP contribution is -2.42. The van der Waals surface area contributed by atoms with Crippen LogP contribution in [0.15, 0.2) is 29.2 Å². The summed E-state index contributed by atoms with van der Waals surface area (Å²) < 4.78 is 38.7. The molecule has 4 nitrogen and oxygen atoms in total. The van der Waals surface area contributed by atoms with Crippen LogP contribution in [0.5, 0.6) is 0 Å². The quantitative estimate of drug-likeness (QED) is 0.843. The number of hydrogen-bond acceptors (Lipinski definition) is 3. The minimum atomic E-state index is -3.89. The van der Waals surface area contributed by atoms with Crippen LogP contribution in [0.25, 0.3) is 0 Å². The Morgan fingerprint density at radius 1 is 1.28 bits per heavy atom. The molecule has 0 saturated carbocycles. The van der Waals surface area contributed by atoms with E-state index in [1.807, 2.05) is 0 Å². The van der Waals surface area contributed by atoms with E-state index in [-0.39, 0.29) is 10.8 Å². The first-order valence-corrected chi connectivity index (χ1v) is 7.07. The largest absolute Gasteiger partial charge is 0.279 e. The van der Waals surface area contributed by atoms with Crippen molar-refractivity contribution in [1.82, 2.24) is 4.72 Å². The Bertz CT molecular complexity index is 528. The zero-order chi connectivity index (χ0) is 13.9. The lowest BCUT2D eigenvalue weighted by molar-refractivity contribution is -0.113. The number of carbonyl (C=O) groups is 1. The molecule has 1 aromatic rings. The van der Waals surface area contributed by atoms with Gasteiger partial charge in [-0.25, -0.2) is 12.8 Å². The summed E-state index contributed by atoms with van der Waals surface area (Å²) in [6, 6.07) is 3.28. The zero-order valence-electron chi connectivity index (χ0n) is 9.85. The van der Waals surface area contributed by atoms with E-state index in [2.05, 4.69) is 4.72 Å². The summed E-state index contributed by atoms with van der Waals surface area (Å²) in [7, 11) is -3.89. The maximum Gasteiger partial charge on any atom is 0.241 e. The molecular weight excluding hydrogens is 281 g/mol. The van der Waals surface area contributed by atoms with Crippen molar-refractivity contribution in [3.63, 3.8) is 0 Å². The van der Waals surface area contributed by atoms with Crippen LogP contribution in [-0.4, -0.2) is 19.7 Å². The van der Waals surface area contributed by atoms with Crippen LogP contribution in [0.3, 0.4) is 0 Å². The van der Waals surface area contributed by atoms with Gasteiger partial charge in [-0.3, -0.25) is 4.79 Å². The van der Waals surface area contributed by atoms with E-state index in [1.54, 1.807) is 13.8 Å². The molecule has 0 heterocycles. The first kappa shape index (κ1) is 15.1. The number of benzene rings is 1. The summed E-state index contributed by atoms with van der Waals surface area (Å²) in [5.74, 6) is -0.826. The van der Waals surface area contributed by atoms with Crippen molar-refractivity contribution in [1.29, 1.82) is 0 Å². The third-order valence-electron chi connectivity index (χ3n) is 2.32. The zero-order valence-corrected chi connectivity index (χ0v) is 11.4. The number of carbonyl (C=O) groups excluding carboxylic acids is 1. The number of halogens is 2. The third-order valence-corrected chi connectivity index (χ3v) is 4.01. The minimum absolute atomic E-state index is 0.118. The highest BCUT2D eigenvalue weighted by molar-refractivity contribution is 7.89. The van der Waals surface area contributed by atoms with Gasteiger partial charge in [0.25, 0.3) is 0 Å². The number of nitrogens with one attached hydrogen (secondary N) is 1. The van der Waals surface area contributed by atoms with Gasteiger partial charge in [-0.2, -0.15) is 4.72 Å². The molecule has 0 aliphatic rings. The van der Waals surface area contributed by atoms with Crippen LogP contribution in [-0.2, 0) is 14.8 Å². The summed E-state index contributed by atoms with van der Waals surface area (Å²) in [4.78, 5) is 11.0. The van der Waals surface area contributed by atoms with E-state index in [0.717, 1.165) is 24.3 Å². The second-order valence-electron chi connectivity index (χ2n) is 4.10. The van der Waals surface area contributed by atoms with Crippen LogP contribution in [0.1, 0.15) is 13.8 Å². The van der Waals surface area contributed by atoms with Gasteiger partial charge in [0.2, 0.25) is 15.3 Å². The van der Waals surface area contributed by atoms with E-state index < -0.39 is 27.1 Å². The maximum atomic E-state index is 12.7. The van der Waals surface area contributed by atoms with Crippen molar-refractivity contribution in [3.8, 4) is 0 Å². The normalized spacial score (nSPS) is 13.6. The highest BCUT2D eigenvalue weighted by Crippen LogP contribution is 2.13. The van der Waals surface area contributed by atoms with E-state index >= 15 is 0 Å². The highest BCUT2D eigenvalue weighted by Gasteiger charge is 2.27. The molecule has 0 bridgehead atoms. The molecule has 1 atom stereocenters. The first-order valence-electron chi connectivity index (χ1n) is 5.21. The monoisotopic (exact) mass is 293 g/mol. The predicted molar refractivity (Wildman–Crippen MR) is 66.2 cm³/mol. The van der Waals surface area contributed by atoms with Gasteiger partial charge < -0.3 is 0 Å². The Kier molecular flexibility index (Phi) is 4.84. The molecule has 0 radical (unpaired) electrons. The SMILES string of the molecule is CC(C)C(NS(=O)(=O)c1ccc(F)cc1)C(=O)Cl. The summed E-state index contributed by atoms with van der Waals surface area (Å²) in [6.07, 6.45) is 0. The molecule has 0 saturated heterocycles. The van der Waals surface area contributed by atoms with Crippen LogP contribution >= 0.6 is 11.6 Å². The predicted octanol–water partition coefficient (Wildman–Crippen LogP) is 1.89. The fourth-order valence-electron chi connectivity index (χ4n) is 1.29. The highest BCUT2D eigenvalue weighted by atomic mass is 35.5. The summed E-state index contributed by atoms with van der Waals surface area (Å²) in [5.41, 5.74) is 0. The molecule has 0 aromatic heterocycles. The van der Waals surface area contributed by atoms with Gasteiger partial charge in [0.15, 0.2) is 0 Å². The third kappa shape index (κ3) is 3.76. The Hall–Kier alpha value is -0.980. The summed E-state index contributed by atoms with van der Waals surface area (Å²) >= 11 is 5.33. The standard InChI is InChI=1S/C11H13ClFNO3S/c1-7(2)10(11(12)15)14-18(16,17)9-5-3-8(13)4-6-9/h3-7,10,14H,1-2H3. The van der Waals surface area contributed by atoms with E-state index in [4.69, 9.17) is 11.6 Å². The average Bonchev–Trinajstić information content (AvgIpc) is 2.26. The van der Waals surface area contributed by atoms with Crippen molar-refractivity contribution in [3.05, 3.63) is 30.1 Å². The van der Waals surface area contributed by atoms with E-state index in [1.165, 1.54) is 0 Å². The molecule has 1 aromatic carbocycles. The smallest absolute Gasteiger partial charge is 0.241 e. The lowest BCUT2D eigenvalue weighted by atomic mass is 10.1. The molecule has 18 heavy (non-hydrogen) atoms. The maximum absolute atomic E-state index is 12.7. The summed E-state index contributed by atoms with van der Waals surface area (Å²) in [5, 5.41) is -0.782. The van der Waals surface area contributed by atoms with Crippen LogP contribution in [0.4, 0.5) is 4.39 Å². The van der Waals surface area contributed by atoms with Gasteiger partial charge in [0, 0.05) is 0 Å². The number of hydrogen-bond donors (Lipinski definition) is 1. The van der Waals surface area contributed by atoms with Crippen LogP contribution in [0.2, 0.25) is 0 Å². The Morgan fingerprint density at radius 2 is 1.78 bits per heavy atom. The van der Waals surface area contributed by atoms with E-state index in [0.29, 0.717) is 0 Å². The fraction of sp³-hybridized carbons (Fsp3) is 0.364. The molecule has 0 fully saturated rings. The van der Waals surface area contributed by atoms with Crippen molar-refractivity contribution < 1.29 is 17.6 Å². The molecule has 100 valence electrons. The number of sulfonamides is 1. The molecule has 1 rings (SSSR count). The molecule has 0 aliphatic carbocycles. The average molecular weight is 294 g/mol. The molecule has 1 unspecified atom stereocenters. The fourth-order valence-corrected chi connectivity index (χ4v) is 3.01. The molecule has 0 spiro atoms. The minimum Gasteiger partial charge on any atom is -0.279 e. The molecular formula is C11H13ClFNO3S. The van der Waals surface area contributed by atoms with Gasteiger partial charge in [-0.15, -0.1) is 0 Å². The Balaban J connectivity index is 3.01. The van der Waals surface area contributed by atoms with Crippen LogP contribution < -0.4 is 4.72 Å². The van der Waals surface area contributed by atoms with Crippen molar-refractivity contribution >= 4 is 26.9 Å². The molecule has 0 amide bonds. The Labute approximate surface area is 110 Å². The van der Waals surface area contributed by atoms with Crippen molar-refractivity contribution in [2.45, 2.75) is 24.8 Å². The molecule has 7 heteroatoms. The van der Waals surface area contributed by atoms with Gasteiger partial charge in [-0.05, 0) is 41.8 Å². The van der Waals surface area contributed by atoms with Gasteiger partial charge in [-0.1, -0.05) is 13.8 Å². The van der Waals surface area contributed by atoms with Gasteiger partial charge in [0.05, 0.1) is 10.9 Å². The van der Waals surface area contributed by atoms with Crippen LogP contribution in [0, 0.1) is 11.7 Å². The molecule has 0 aliphatic heterocycles. The van der Waals surface area contributed by atoms with Gasteiger partial charge >= 0.3 is 0 Å². The topological polar surface area (TPSA) is 63.2 Å². The van der Waals surface area contributed by atoms with E-state index in [9.17, 15) is 17.6 Å². The summed E-state index contributed by atoms with van der Waals surface area (Å²) in [6.45, 7) is 3.33.